The molecule has 1 aromatic carbocycles. The summed E-state index contributed by atoms with van der Waals surface area (Å²) in [5.74, 6) is -0.525. The van der Waals surface area contributed by atoms with Crippen molar-refractivity contribution in [2.45, 2.75) is 6.04 Å². The molecule has 3 heterocycles. The fourth-order valence-corrected chi connectivity index (χ4v) is 3.51. The third-order valence-electron chi connectivity index (χ3n) is 5.00. The van der Waals surface area contributed by atoms with Gasteiger partial charge in [-0.25, -0.2) is 0 Å². The number of amides is 1. The lowest BCUT2D eigenvalue weighted by atomic mass is 9.96. The number of pyridine rings is 1. The summed E-state index contributed by atoms with van der Waals surface area (Å²) in [7, 11) is 3.79. The number of nitrogens with zero attached hydrogens (tertiary/aromatic N) is 3. The number of likely N-dealkylation sites (N-methyl/N-ethyl adjacent to an activating group) is 1. The van der Waals surface area contributed by atoms with Gasteiger partial charge in [0.15, 0.2) is 11.5 Å². The number of carbonyl (C=O) groups is 2. The summed E-state index contributed by atoms with van der Waals surface area (Å²) >= 11 is 0. The van der Waals surface area contributed by atoms with E-state index in [2.05, 4.69) is 4.98 Å². The molecular weight excluding hydrogens is 374 g/mol. The van der Waals surface area contributed by atoms with Crippen molar-refractivity contribution in [1.29, 1.82) is 0 Å². The van der Waals surface area contributed by atoms with Gasteiger partial charge in [-0.1, -0.05) is 0 Å². The molecule has 150 valence electrons. The van der Waals surface area contributed by atoms with Crippen LogP contribution in [0, 0.1) is 0 Å². The smallest absolute Gasteiger partial charge is 0.295 e. The van der Waals surface area contributed by atoms with E-state index in [0.29, 0.717) is 35.7 Å². The average molecular weight is 395 g/mol. The van der Waals surface area contributed by atoms with Crippen LogP contribution in [0.1, 0.15) is 17.2 Å². The van der Waals surface area contributed by atoms with Gasteiger partial charge < -0.3 is 24.4 Å². The molecule has 0 radical (unpaired) electrons. The predicted octanol–water partition coefficient (Wildman–Crippen LogP) is 1.79. The van der Waals surface area contributed by atoms with Crippen LogP contribution >= 0.6 is 0 Å². The van der Waals surface area contributed by atoms with Gasteiger partial charge >= 0.3 is 0 Å². The van der Waals surface area contributed by atoms with Crippen molar-refractivity contribution >= 4 is 17.4 Å². The summed E-state index contributed by atoms with van der Waals surface area (Å²) in [6, 6.07) is 7.70. The number of benzene rings is 1. The van der Waals surface area contributed by atoms with E-state index in [4.69, 9.17) is 9.47 Å². The number of aliphatic hydroxyl groups excluding tert-OH is 1. The zero-order valence-electron chi connectivity index (χ0n) is 16.2. The molecule has 1 amide bonds. The molecule has 29 heavy (non-hydrogen) atoms. The predicted molar refractivity (Wildman–Crippen MR) is 104 cm³/mol. The van der Waals surface area contributed by atoms with Crippen LogP contribution in [0.5, 0.6) is 11.5 Å². The highest BCUT2D eigenvalue weighted by molar-refractivity contribution is 6.46. The number of aromatic nitrogens is 1. The fourth-order valence-electron chi connectivity index (χ4n) is 3.51. The molecule has 2 aliphatic heterocycles. The molecule has 1 aromatic heterocycles. The van der Waals surface area contributed by atoms with Crippen molar-refractivity contribution in [3.05, 3.63) is 59.4 Å². The number of rotatable bonds is 5. The van der Waals surface area contributed by atoms with E-state index >= 15 is 0 Å². The van der Waals surface area contributed by atoms with Gasteiger partial charge in [-0.15, -0.1) is 0 Å². The van der Waals surface area contributed by atoms with Crippen molar-refractivity contribution in [3.63, 3.8) is 0 Å². The molecule has 1 N–H and O–H groups in total. The third kappa shape index (κ3) is 3.42. The second kappa shape index (κ2) is 7.56. The zero-order valence-corrected chi connectivity index (χ0v) is 16.2. The highest BCUT2D eigenvalue weighted by atomic mass is 16.7. The Labute approximate surface area is 168 Å². The Balaban J connectivity index is 1.81. The van der Waals surface area contributed by atoms with Crippen LogP contribution < -0.4 is 9.47 Å². The van der Waals surface area contributed by atoms with Crippen molar-refractivity contribution < 1.29 is 24.2 Å². The first-order chi connectivity index (χ1) is 14.0. The Morgan fingerprint density at radius 2 is 1.90 bits per heavy atom. The number of fused-ring (bicyclic) bond motifs is 1. The van der Waals surface area contributed by atoms with Gasteiger partial charge in [0.05, 0.1) is 11.6 Å². The SMILES string of the molecule is CN(C)CCN1C(=O)C(=O)/C(=C(/O)c2ccc3c(c2)OCO3)C1c1ccncc1. The van der Waals surface area contributed by atoms with Gasteiger partial charge in [0.2, 0.25) is 6.79 Å². The van der Waals surface area contributed by atoms with Gasteiger partial charge in [0.25, 0.3) is 11.7 Å². The second-order valence-electron chi connectivity index (χ2n) is 7.14. The molecule has 0 spiro atoms. The summed E-state index contributed by atoms with van der Waals surface area (Å²) < 4.78 is 10.7. The molecule has 8 heteroatoms. The number of hydrogen-bond acceptors (Lipinski definition) is 7. The van der Waals surface area contributed by atoms with Gasteiger partial charge in [0, 0.05) is 31.0 Å². The number of carbonyl (C=O) groups excluding carboxylic acids is 2. The maximum atomic E-state index is 12.9. The molecule has 2 aliphatic rings. The summed E-state index contributed by atoms with van der Waals surface area (Å²) in [4.78, 5) is 33.1. The standard InChI is InChI=1S/C21H21N3O5/c1-23(2)9-10-24-18(13-5-7-22-8-6-13)17(20(26)21(24)27)19(25)14-3-4-15-16(11-14)29-12-28-15/h3-8,11,18,25H,9-10,12H2,1-2H3/b19-17+. The Hall–Kier alpha value is -3.39. The van der Waals surface area contributed by atoms with Crippen LogP contribution in [0.15, 0.2) is 48.3 Å². The van der Waals surface area contributed by atoms with E-state index in [1.165, 1.54) is 4.90 Å². The first kappa shape index (κ1) is 18.9. The minimum atomic E-state index is -0.708. The van der Waals surface area contributed by atoms with Gasteiger partial charge in [0.1, 0.15) is 5.76 Å². The van der Waals surface area contributed by atoms with Crippen molar-refractivity contribution in [2.24, 2.45) is 0 Å². The average Bonchev–Trinajstić information content (AvgIpc) is 3.29. The van der Waals surface area contributed by atoms with Crippen molar-refractivity contribution in [3.8, 4) is 11.5 Å². The Kier molecular flexibility index (Phi) is 4.94. The first-order valence-corrected chi connectivity index (χ1v) is 9.20. The molecule has 2 aromatic rings. The number of ether oxygens (including phenoxy) is 2. The summed E-state index contributed by atoms with van der Waals surface area (Å²) in [5, 5.41) is 11.0. The van der Waals surface area contributed by atoms with Crippen LogP contribution in [0.4, 0.5) is 0 Å². The van der Waals surface area contributed by atoms with Gasteiger partial charge in [-0.3, -0.25) is 14.6 Å². The minimum absolute atomic E-state index is 0.0545. The normalized spacial score (nSPS) is 20.0. The van der Waals surface area contributed by atoms with Crippen molar-refractivity contribution in [2.75, 3.05) is 34.0 Å². The maximum Gasteiger partial charge on any atom is 0.295 e. The van der Waals surface area contributed by atoms with Crippen LogP contribution in [-0.4, -0.2) is 65.6 Å². The monoisotopic (exact) mass is 395 g/mol. The first-order valence-electron chi connectivity index (χ1n) is 9.20. The Morgan fingerprint density at radius 1 is 1.17 bits per heavy atom. The Bertz CT molecular complexity index is 987. The molecule has 0 bridgehead atoms. The lowest BCUT2D eigenvalue weighted by molar-refractivity contribution is -0.140. The maximum absolute atomic E-state index is 12.9. The zero-order chi connectivity index (χ0) is 20.5. The lowest BCUT2D eigenvalue weighted by Gasteiger charge is -2.26. The number of ketones is 1. The van der Waals surface area contributed by atoms with Crippen molar-refractivity contribution in [1.82, 2.24) is 14.8 Å². The van der Waals surface area contributed by atoms with Crippen LogP contribution in [0.25, 0.3) is 5.76 Å². The van der Waals surface area contributed by atoms with E-state index in [1.54, 1.807) is 42.7 Å². The van der Waals surface area contributed by atoms with Crippen LogP contribution in [0.3, 0.4) is 0 Å². The van der Waals surface area contributed by atoms with Crippen LogP contribution in [0.2, 0.25) is 0 Å². The molecule has 0 aliphatic carbocycles. The third-order valence-corrected chi connectivity index (χ3v) is 5.00. The molecule has 1 saturated heterocycles. The van der Waals surface area contributed by atoms with Crippen LogP contribution in [-0.2, 0) is 9.59 Å². The highest BCUT2D eigenvalue weighted by Gasteiger charge is 2.45. The number of aliphatic hydroxyl groups is 1. The van der Waals surface area contributed by atoms with Gasteiger partial charge in [-0.2, -0.15) is 0 Å². The van der Waals surface area contributed by atoms with E-state index in [-0.39, 0.29) is 18.1 Å². The van der Waals surface area contributed by atoms with E-state index < -0.39 is 17.7 Å². The molecule has 1 unspecified atom stereocenters. The quantitative estimate of drug-likeness (QED) is 0.469. The lowest BCUT2D eigenvalue weighted by Crippen LogP contribution is -2.35. The number of Topliss-reactive ketones (excluding diaryl/α,β-unsaturated/α-hetero) is 1. The molecule has 1 fully saturated rings. The van der Waals surface area contributed by atoms with Gasteiger partial charge in [-0.05, 0) is 50.0 Å². The molecular formula is C21H21N3O5. The van der Waals surface area contributed by atoms with E-state index in [9.17, 15) is 14.7 Å². The second-order valence-corrected chi connectivity index (χ2v) is 7.14. The number of likely N-dealkylation sites (tertiary alicyclic amines) is 1. The molecule has 8 nitrogen and oxygen atoms in total. The largest absolute Gasteiger partial charge is 0.507 e. The molecule has 0 saturated carbocycles. The highest BCUT2D eigenvalue weighted by Crippen LogP contribution is 2.41. The Morgan fingerprint density at radius 3 is 2.62 bits per heavy atom. The van der Waals surface area contributed by atoms with E-state index in [0.717, 1.165) is 0 Å². The summed E-state index contributed by atoms with van der Waals surface area (Å²) in [6.07, 6.45) is 3.20. The summed E-state index contributed by atoms with van der Waals surface area (Å²) in [5.41, 5.74) is 1.15. The minimum Gasteiger partial charge on any atom is -0.507 e. The van der Waals surface area contributed by atoms with E-state index in [1.807, 2.05) is 19.0 Å². The topological polar surface area (TPSA) is 92.2 Å². The fraction of sp³-hybridized carbons (Fsp3) is 0.286. The molecule has 1 atom stereocenters. The number of hydrogen-bond donors (Lipinski definition) is 1. The summed E-state index contributed by atoms with van der Waals surface area (Å²) in [6.45, 7) is 1.03. The molecule has 4 rings (SSSR count).